The minimum Gasteiger partial charge on any atom is -0.355 e. The van der Waals surface area contributed by atoms with E-state index in [0.29, 0.717) is 56.8 Å². The van der Waals surface area contributed by atoms with Crippen LogP contribution in [0.3, 0.4) is 0 Å². The second-order valence-corrected chi connectivity index (χ2v) is 13.0. The number of benzene rings is 1. The number of carbonyl (C=O) groups excluding carboxylic acids is 2. The van der Waals surface area contributed by atoms with Crippen LogP contribution in [0.4, 0.5) is 14.5 Å². The second-order valence-electron chi connectivity index (χ2n) is 9.67. The van der Waals surface area contributed by atoms with E-state index in [1.165, 1.54) is 23.5 Å². The quantitative estimate of drug-likeness (QED) is 0.246. The summed E-state index contributed by atoms with van der Waals surface area (Å²) >= 11 is 7.11. The predicted octanol–water partition coefficient (Wildman–Crippen LogP) is 4.16. The number of hydrogen-bond acceptors (Lipinski definition) is 8. The molecular formula is C26H26ClF2N5O5S2. The Morgan fingerprint density at radius 3 is 2.73 bits per heavy atom. The van der Waals surface area contributed by atoms with Gasteiger partial charge in [-0.2, -0.15) is 0 Å². The number of hydrogen-bond donors (Lipinski definition) is 0. The largest absolute Gasteiger partial charge is 0.355 e. The summed E-state index contributed by atoms with van der Waals surface area (Å²) in [6.45, 7) is 2.79. The molecule has 5 rings (SSSR count). The van der Waals surface area contributed by atoms with Crippen molar-refractivity contribution in [3.05, 3.63) is 69.0 Å². The molecule has 2 saturated heterocycles. The van der Waals surface area contributed by atoms with Crippen LogP contribution in [0, 0.1) is 5.82 Å². The Morgan fingerprint density at radius 1 is 1.27 bits per heavy atom. The van der Waals surface area contributed by atoms with E-state index in [-0.39, 0.29) is 25.1 Å². The molecule has 2 aliphatic rings. The maximum Gasteiger partial charge on any atom is 0.314 e. The van der Waals surface area contributed by atoms with Gasteiger partial charge in [0.1, 0.15) is 23.9 Å². The van der Waals surface area contributed by atoms with Crippen LogP contribution >= 0.6 is 22.9 Å². The molecule has 10 nitrogen and oxygen atoms in total. The summed E-state index contributed by atoms with van der Waals surface area (Å²) in [7, 11) is -4.41. The normalized spacial score (nSPS) is 20.4. The first-order valence-electron chi connectivity index (χ1n) is 12.7. The van der Waals surface area contributed by atoms with E-state index in [1.54, 1.807) is 42.1 Å². The first kappa shape index (κ1) is 29.3. The Kier molecular flexibility index (Phi) is 8.57. The number of aromatic nitrogens is 2. The molecule has 41 heavy (non-hydrogen) atoms. The number of sulfonamides is 1. The lowest BCUT2D eigenvalue weighted by molar-refractivity contribution is -0.160. The lowest BCUT2D eigenvalue weighted by Crippen LogP contribution is -2.44. The van der Waals surface area contributed by atoms with Crippen LogP contribution in [0.2, 0.25) is 4.34 Å². The van der Waals surface area contributed by atoms with E-state index in [1.807, 2.05) is 4.90 Å². The predicted molar refractivity (Wildman–Crippen MR) is 150 cm³/mol. The molecule has 0 N–H and O–H groups in total. The monoisotopic (exact) mass is 625 g/mol. The Balaban J connectivity index is 1.35. The Morgan fingerprint density at radius 2 is 2.07 bits per heavy atom. The van der Waals surface area contributed by atoms with Crippen molar-refractivity contribution in [2.45, 2.75) is 38.5 Å². The number of alkyl halides is 1. The van der Waals surface area contributed by atoms with Gasteiger partial charge in [0, 0.05) is 48.7 Å². The number of allylic oxidation sites excluding steroid dienone is 1. The van der Waals surface area contributed by atoms with Gasteiger partial charge in [0.05, 0.1) is 22.0 Å². The molecule has 2 aromatic heterocycles. The lowest BCUT2D eigenvalue weighted by atomic mass is 10.2. The Labute approximate surface area is 244 Å². The van der Waals surface area contributed by atoms with Crippen molar-refractivity contribution in [2.24, 2.45) is 0 Å². The number of anilines is 1. The first-order valence-corrected chi connectivity index (χ1v) is 15.4. The molecule has 2 aliphatic heterocycles. The van der Waals surface area contributed by atoms with Gasteiger partial charge in [0.2, 0.25) is 5.91 Å². The van der Waals surface area contributed by atoms with Crippen molar-refractivity contribution in [3.63, 3.8) is 0 Å². The second kappa shape index (κ2) is 12.0. The molecule has 0 spiro atoms. The number of halogens is 3. The van der Waals surface area contributed by atoms with Gasteiger partial charge in [0.25, 0.3) is 10.0 Å². The highest BCUT2D eigenvalue weighted by atomic mass is 35.5. The van der Waals surface area contributed by atoms with Crippen LogP contribution in [-0.4, -0.2) is 71.6 Å². The zero-order chi connectivity index (χ0) is 29.3. The number of amides is 1. The molecule has 2 atom stereocenters. The summed E-state index contributed by atoms with van der Waals surface area (Å²) in [5, 5.41) is 0.891. The molecule has 0 bridgehead atoms. The molecule has 218 valence electrons. The number of imidazole rings is 1. The number of thiophene rings is 1. The molecular weight excluding hydrogens is 600 g/mol. The van der Waals surface area contributed by atoms with Gasteiger partial charge in [0.15, 0.2) is 0 Å². The van der Waals surface area contributed by atoms with Gasteiger partial charge in [-0.3, -0.25) is 14.5 Å². The van der Waals surface area contributed by atoms with E-state index >= 15 is 4.39 Å². The van der Waals surface area contributed by atoms with Gasteiger partial charge < -0.3 is 14.3 Å². The van der Waals surface area contributed by atoms with Crippen LogP contribution < -0.4 is 4.90 Å². The topological polar surface area (TPSA) is 105 Å². The summed E-state index contributed by atoms with van der Waals surface area (Å²) in [4.78, 5) is 37.3. The number of nitrogens with zero attached hydrogens (tertiary/aromatic N) is 5. The maximum atomic E-state index is 15.4. The van der Waals surface area contributed by atoms with Crippen molar-refractivity contribution in [1.82, 2.24) is 18.9 Å². The fourth-order valence-electron chi connectivity index (χ4n) is 4.99. The molecule has 0 aliphatic carbocycles. The minimum absolute atomic E-state index is 0.00703. The van der Waals surface area contributed by atoms with Crippen molar-refractivity contribution in [3.8, 4) is 5.69 Å². The molecule has 3 aromatic rings. The Bertz CT molecular complexity index is 1590. The third kappa shape index (κ3) is 6.21. The van der Waals surface area contributed by atoms with E-state index in [4.69, 9.17) is 16.4 Å². The standard InChI is InChI=1S/C26H26ClF2N5O5S2/c1-17(23-4-5-24(27)40-23)15-41(37,38)34(39-16-35)22-7-10-33(26(22)36)21-3-2-19(12-20(21)29)32-11-8-30-25(32)14-31-9-6-18(28)13-31/h2-5,8,11-12,15-16,18,22H,6-7,9-10,13-14H2,1H3/b17-15-. The molecule has 0 saturated carbocycles. The average molecular weight is 626 g/mol. The zero-order valence-corrected chi connectivity index (χ0v) is 24.2. The number of carbonyl (C=O) groups is 2. The van der Waals surface area contributed by atoms with Crippen molar-refractivity contribution in [2.75, 3.05) is 24.5 Å². The van der Waals surface area contributed by atoms with Crippen LogP contribution in [0.25, 0.3) is 11.3 Å². The number of likely N-dealkylation sites (tertiary alicyclic amines) is 1. The molecule has 4 heterocycles. The highest BCUT2D eigenvalue weighted by Gasteiger charge is 2.44. The van der Waals surface area contributed by atoms with Gasteiger partial charge in [-0.1, -0.05) is 11.6 Å². The van der Waals surface area contributed by atoms with Crippen LogP contribution in [0.5, 0.6) is 0 Å². The van der Waals surface area contributed by atoms with E-state index in [2.05, 4.69) is 4.98 Å². The van der Waals surface area contributed by atoms with Crippen molar-refractivity contribution in [1.29, 1.82) is 0 Å². The summed E-state index contributed by atoms with van der Waals surface area (Å²) in [6.07, 6.45) is 2.79. The molecule has 0 radical (unpaired) electrons. The number of hydroxylamine groups is 1. The zero-order valence-electron chi connectivity index (χ0n) is 21.8. The summed E-state index contributed by atoms with van der Waals surface area (Å²) in [6, 6.07) is 6.16. The summed E-state index contributed by atoms with van der Waals surface area (Å²) < 4.78 is 57.8. The van der Waals surface area contributed by atoms with Crippen LogP contribution in [-0.2, 0) is 31.0 Å². The first-order chi connectivity index (χ1) is 19.6. The molecule has 15 heteroatoms. The number of rotatable bonds is 10. The molecule has 2 fully saturated rings. The fourth-order valence-corrected chi connectivity index (χ4v) is 7.46. The highest BCUT2D eigenvalue weighted by molar-refractivity contribution is 7.92. The van der Waals surface area contributed by atoms with Gasteiger partial charge in [-0.25, -0.2) is 22.2 Å². The van der Waals surface area contributed by atoms with Gasteiger partial charge in [-0.15, -0.1) is 11.3 Å². The van der Waals surface area contributed by atoms with Crippen LogP contribution in [0.15, 0.2) is 48.1 Å². The molecule has 1 aromatic carbocycles. The third-order valence-electron chi connectivity index (χ3n) is 6.91. The smallest absolute Gasteiger partial charge is 0.314 e. The van der Waals surface area contributed by atoms with Crippen molar-refractivity contribution < 1.29 is 31.6 Å². The average Bonchev–Trinajstić information content (AvgIpc) is 3.72. The van der Waals surface area contributed by atoms with Gasteiger partial charge >= 0.3 is 6.47 Å². The van der Waals surface area contributed by atoms with Crippen LogP contribution in [0.1, 0.15) is 30.5 Å². The lowest BCUT2D eigenvalue weighted by Gasteiger charge is -2.23. The van der Waals surface area contributed by atoms with E-state index in [9.17, 15) is 22.4 Å². The Hall–Kier alpha value is -3.17. The third-order valence-corrected chi connectivity index (χ3v) is 9.77. The van der Waals surface area contributed by atoms with E-state index in [0.717, 1.165) is 10.3 Å². The SMILES string of the molecule is C/C(=C/S(=O)(=O)N(OC=O)C1CCN(c2ccc(-n3ccnc3CN3CCC(F)C3)cc2F)C1=O)c1ccc(Cl)s1. The van der Waals surface area contributed by atoms with Crippen molar-refractivity contribution >= 4 is 56.6 Å². The molecule has 2 unspecified atom stereocenters. The maximum absolute atomic E-state index is 15.4. The van der Waals surface area contributed by atoms with E-state index < -0.39 is 34.0 Å². The van der Waals surface area contributed by atoms with Gasteiger partial charge in [-0.05, 0) is 54.1 Å². The fraction of sp³-hybridized carbons (Fsp3) is 0.346. The summed E-state index contributed by atoms with van der Waals surface area (Å²) in [5.74, 6) is -0.841. The summed E-state index contributed by atoms with van der Waals surface area (Å²) in [5.41, 5.74) is 0.741. The highest BCUT2D eigenvalue weighted by Crippen LogP contribution is 2.32. The minimum atomic E-state index is -4.41. The molecule has 1 amide bonds.